The lowest BCUT2D eigenvalue weighted by atomic mass is 9.91. The van der Waals surface area contributed by atoms with Crippen molar-refractivity contribution < 1.29 is 14.6 Å². The molecule has 0 amide bonds. The number of nitrogens with two attached hydrogens (primary N) is 1. The molecule has 2 aromatic heterocycles. The second kappa shape index (κ2) is 11.3. The van der Waals surface area contributed by atoms with Crippen LogP contribution in [-0.4, -0.2) is 76.9 Å². The number of hydrogen-bond acceptors (Lipinski definition) is 10. The number of pyridine rings is 1. The molecule has 4 saturated heterocycles. The first-order valence-corrected chi connectivity index (χ1v) is 15.0. The van der Waals surface area contributed by atoms with Crippen LogP contribution in [0.25, 0.3) is 11.3 Å². The maximum Gasteiger partial charge on any atom is 0.215 e. The minimum absolute atomic E-state index is 0.168. The van der Waals surface area contributed by atoms with E-state index in [9.17, 15) is 5.11 Å². The molecular formula is C31H39N7O3. The van der Waals surface area contributed by atoms with Crippen LogP contribution in [0.1, 0.15) is 44.9 Å². The summed E-state index contributed by atoms with van der Waals surface area (Å²) in [7, 11) is 0. The molecule has 2 atom stereocenters. The number of nitrogens with zero attached hydrogens (tertiary/aromatic N) is 5. The van der Waals surface area contributed by atoms with Gasteiger partial charge in [-0.2, -0.15) is 0 Å². The second-order valence-electron chi connectivity index (χ2n) is 11.8. The van der Waals surface area contributed by atoms with Crippen LogP contribution in [0.3, 0.4) is 0 Å². The fourth-order valence-corrected chi connectivity index (χ4v) is 6.83. The zero-order valence-corrected chi connectivity index (χ0v) is 23.4. The second-order valence-corrected chi connectivity index (χ2v) is 11.8. The van der Waals surface area contributed by atoms with E-state index in [2.05, 4.69) is 42.4 Å². The number of ether oxygens (including phenoxy) is 2. The first-order chi connectivity index (χ1) is 20.1. The van der Waals surface area contributed by atoms with E-state index < -0.39 is 0 Å². The highest BCUT2D eigenvalue weighted by Crippen LogP contribution is 2.39. The van der Waals surface area contributed by atoms with Crippen molar-refractivity contribution in [3.63, 3.8) is 0 Å². The molecule has 5 aliphatic rings. The number of aromatic hydroxyl groups is 1. The van der Waals surface area contributed by atoms with Crippen molar-refractivity contribution in [1.82, 2.24) is 20.5 Å². The Morgan fingerprint density at radius 3 is 2.49 bits per heavy atom. The monoisotopic (exact) mass is 557 g/mol. The van der Waals surface area contributed by atoms with Gasteiger partial charge in [0.25, 0.3) is 0 Å². The lowest BCUT2D eigenvalue weighted by molar-refractivity contribution is -0.103. The molecule has 4 aliphatic heterocycles. The molecule has 3 aromatic rings. The highest BCUT2D eigenvalue weighted by Gasteiger charge is 2.38. The normalized spacial score (nSPS) is 26.4. The summed E-state index contributed by atoms with van der Waals surface area (Å²) in [6, 6.07) is 14.0. The Bertz CT molecular complexity index is 1360. The topological polar surface area (TPSA) is 122 Å². The maximum absolute atomic E-state index is 10.4. The number of piperazine rings is 1. The molecule has 10 nitrogen and oxygen atoms in total. The predicted octanol–water partition coefficient (Wildman–Crippen LogP) is 3.75. The number of hydrogen-bond donors (Lipinski definition) is 3. The molecular weight excluding hydrogens is 518 g/mol. The van der Waals surface area contributed by atoms with Crippen LogP contribution in [0.15, 0.2) is 48.7 Å². The number of benzene rings is 1. The minimum Gasteiger partial charge on any atom is -0.507 e. The van der Waals surface area contributed by atoms with Crippen LogP contribution >= 0.6 is 0 Å². The van der Waals surface area contributed by atoms with Crippen molar-refractivity contribution in [3.8, 4) is 22.9 Å². The van der Waals surface area contributed by atoms with Crippen LogP contribution in [0, 0.1) is 0 Å². The van der Waals surface area contributed by atoms with Gasteiger partial charge in [0.2, 0.25) is 5.88 Å². The van der Waals surface area contributed by atoms with E-state index in [4.69, 9.17) is 15.2 Å². The van der Waals surface area contributed by atoms with E-state index in [0.717, 1.165) is 82.5 Å². The van der Waals surface area contributed by atoms with Crippen LogP contribution in [0.4, 0.5) is 17.2 Å². The van der Waals surface area contributed by atoms with Crippen molar-refractivity contribution >= 4 is 17.2 Å². The Morgan fingerprint density at radius 2 is 1.66 bits per heavy atom. The maximum atomic E-state index is 10.4. The van der Waals surface area contributed by atoms with Crippen molar-refractivity contribution in [2.24, 2.45) is 0 Å². The van der Waals surface area contributed by atoms with Gasteiger partial charge in [0.15, 0.2) is 5.82 Å². The summed E-state index contributed by atoms with van der Waals surface area (Å²) in [5, 5.41) is 22.3. The van der Waals surface area contributed by atoms with E-state index in [-0.39, 0.29) is 17.9 Å². The Kier molecular flexibility index (Phi) is 7.26. The fourth-order valence-electron chi connectivity index (χ4n) is 6.83. The molecule has 0 radical (unpaired) electrons. The van der Waals surface area contributed by atoms with E-state index in [1.807, 2.05) is 24.4 Å². The summed E-state index contributed by atoms with van der Waals surface area (Å²) in [5.41, 5.74) is 9.71. The zero-order chi connectivity index (χ0) is 27.8. The molecule has 8 rings (SSSR count). The third-order valence-electron chi connectivity index (χ3n) is 9.12. The number of nitrogens with one attached hydrogen (secondary N) is 1. The first kappa shape index (κ1) is 26.3. The number of anilines is 3. The van der Waals surface area contributed by atoms with Crippen LogP contribution < -0.4 is 25.6 Å². The molecule has 1 saturated carbocycles. The highest BCUT2D eigenvalue weighted by atomic mass is 16.5. The van der Waals surface area contributed by atoms with Crippen molar-refractivity contribution in [1.29, 1.82) is 0 Å². The fraction of sp³-hybridized carbons (Fsp3) is 0.516. The van der Waals surface area contributed by atoms with Crippen molar-refractivity contribution in [3.05, 3.63) is 48.7 Å². The average Bonchev–Trinajstić information content (AvgIpc) is 3.32. The Hall–Kier alpha value is -3.63. The first-order valence-electron chi connectivity index (χ1n) is 15.0. The smallest absolute Gasteiger partial charge is 0.215 e. The van der Waals surface area contributed by atoms with E-state index in [1.54, 1.807) is 12.1 Å². The molecule has 41 heavy (non-hydrogen) atoms. The molecule has 0 spiro atoms. The standard InChI is InChI=1S/C31H39N7O3/c32-31-28(17-27(35-36-31)26-6-1-2-7-29(26)39)38-19-21-4-3-5-22(38)18-37(21)20-8-13-34-30(14-20)41-25-15-24(16-25)40-23-9-11-33-12-10-23/h1-2,6-8,13-14,17,21-25,33,39H,3-5,9-12,15-16,18-19H2,(H2,32,36). The molecule has 2 unspecified atom stereocenters. The van der Waals surface area contributed by atoms with Gasteiger partial charge in [0.1, 0.15) is 11.9 Å². The van der Waals surface area contributed by atoms with Crippen LogP contribution in [0.5, 0.6) is 11.6 Å². The zero-order valence-electron chi connectivity index (χ0n) is 23.4. The third-order valence-corrected chi connectivity index (χ3v) is 9.12. The van der Waals surface area contributed by atoms with E-state index >= 15 is 0 Å². The molecule has 1 aliphatic carbocycles. The summed E-state index contributed by atoms with van der Waals surface area (Å²) >= 11 is 0. The number of para-hydroxylation sites is 1. The number of rotatable bonds is 7. The molecule has 6 heterocycles. The van der Waals surface area contributed by atoms with Gasteiger partial charge in [0, 0.05) is 61.5 Å². The summed E-state index contributed by atoms with van der Waals surface area (Å²) in [6.07, 6.45) is 10.1. The number of phenols is 1. The van der Waals surface area contributed by atoms with Gasteiger partial charge < -0.3 is 35.4 Å². The SMILES string of the molecule is Nc1nnc(-c2ccccc2O)cc1N1CC2CCCC1CN2c1ccnc(OC2CC(OC3CCNCC3)C2)c1. The Balaban J connectivity index is 1.03. The number of phenolic OH excluding ortho intramolecular Hbond substituents is 1. The largest absolute Gasteiger partial charge is 0.507 e. The Morgan fingerprint density at radius 1 is 0.878 bits per heavy atom. The molecule has 4 N–H and O–H groups in total. The van der Waals surface area contributed by atoms with Crippen molar-refractivity contribution in [2.75, 3.05) is 41.7 Å². The quantitative estimate of drug-likeness (QED) is 0.396. The minimum atomic E-state index is 0.168. The third kappa shape index (κ3) is 5.50. The van der Waals surface area contributed by atoms with Crippen molar-refractivity contribution in [2.45, 2.75) is 75.3 Å². The number of nitrogen functional groups attached to an aromatic ring is 1. The van der Waals surface area contributed by atoms with Gasteiger partial charge in [-0.05, 0) is 69.5 Å². The van der Waals surface area contributed by atoms with Gasteiger partial charge >= 0.3 is 0 Å². The van der Waals surface area contributed by atoms with Gasteiger partial charge in [-0.25, -0.2) is 4.98 Å². The lowest BCUT2D eigenvalue weighted by Gasteiger charge is -2.46. The highest BCUT2D eigenvalue weighted by molar-refractivity contribution is 5.74. The average molecular weight is 558 g/mol. The summed E-state index contributed by atoms with van der Waals surface area (Å²) in [6.45, 7) is 3.83. The molecule has 5 fully saturated rings. The van der Waals surface area contributed by atoms with Gasteiger partial charge in [-0.1, -0.05) is 12.1 Å². The molecule has 216 valence electrons. The predicted molar refractivity (Wildman–Crippen MR) is 158 cm³/mol. The van der Waals surface area contributed by atoms with E-state index in [1.165, 1.54) is 0 Å². The summed E-state index contributed by atoms with van der Waals surface area (Å²) in [4.78, 5) is 9.46. The molecule has 10 heteroatoms. The number of fused-ring (bicyclic) bond motifs is 4. The number of piperidine rings is 1. The lowest BCUT2D eigenvalue weighted by Crippen LogP contribution is -2.57. The van der Waals surface area contributed by atoms with Crippen LogP contribution in [-0.2, 0) is 4.74 Å². The van der Waals surface area contributed by atoms with E-state index in [0.29, 0.717) is 41.2 Å². The number of aromatic nitrogens is 3. The summed E-state index contributed by atoms with van der Waals surface area (Å²) in [5.74, 6) is 1.30. The van der Waals surface area contributed by atoms with Gasteiger partial charge in [-0.3, -0.25) is 0 Å². The van der Waals surface area contributed by atoms with Crippen LogP contribution in [0.2, 0.25) is 0 Å². The Labute approximate surface area is 240 Å². The van der Waals surface area contributed by atoms with Gasteiger partial charge in [-0.15, -0.1) is 10.2 Å². The molecule has 1 aromatic carbocycles. The molecule has 2 bridgehead atoms. The summed E-state index contributed by atoms with van der Waals surface area (Å²) < 4.78 is 12.6. The van der Waals surface area contributed by atoms with Gasteiger partial charge in [0.05, 0.1) is 23.6 Å².